The summed E-state index contributed by atoms with van der Waals surface area (Å²) in [4.78, 5) is 0. The lowest BCUT2D eigenvalue weighted by Gasteiger charge is -2.21. The number of aromatic nitrogens is 2. The fourth-order valence-electron chi connectivity index (χ4n) is 2.31. The largest absolute Gasteiger partial charge is 0.305 e. The molecule has 0 spiro atoms. The molecule has 0 saturated carbocycles. The van der Waals surface area contributed by atoms with Gasteiger partial charge in [-0.05, 0) is 43.7 Å². The van der Waals surface area contributed by atoms with Gasteiger partial charge in [-0.3, -0.25) is 4.68 Å². The van der Waals surface area contributed by atoms with Crippen LogP contribution < -0.4 is 5.32 Å². The second-order valence-electron chi connectivity index (χ2n) is 4.78. The molecule has 1 aromatic heterocycles. The molecule has 2 aromatic rings. The molecule has 2 rings (SSSR count). The van der Waals surface area contributed by atoms with Crippen LogP contribution in [-0.2, 0) is 6.54 Å². The molecular weight excluding hydrogens is 417 g/mol. The van der Waals surface area contributed by atoms with E-state index in [0.717, 1.165) is 39.7 Å². The molecule has 1 N–H and O–H groups in total. The lowest BCUT2D eigenvalue weighted by Crippen LogP contribution is -2.26. The molecule has 1 heterocycles. The number of hydrogen-bond donors (Lipinski definition) is 1. The average Bonchev–Trinajstić information content (AvgIpc) is 2.80. The molecule has 1 unspecified atom stereocenters. The lowest BCUT2D eigenvalue weighted by molar-refractivity contribution is 0.529. The van der Waals surface area contributed by atoms with Gasteiger partial charge in [0.15, 0.2) is 0 Å². The number of hydrogen-bond acceptors (Lipinski definition) is 2. The Kier molecular flexibility index (Phi) is 6.29. The average molecular weight is 436 g/mol. The van der Waals surface area contributed by atoms with Gasteiger partial charge in [0, 0.05) is 15.5 Å². The van der Waals surface area contributed by atoms with Crippen molar-refractivity contribution < 1.29 is 0 Å². The first kappa shape index (κ1) is 17.0. The summed E-state index contributed by atoms with van der Waals surface area (Å²) in [7, 11) is 0. The Morgan fingerprint density at radius 3 is 2.48 bits per heavy atom. The van der Waals surface area contributed by atoms with Gasteiger partial charge >= 0.3 is 0 Å². The quantitative estimate of drug-likeness (QED) is 0.678. The van der Waals surface area contributed by atoms with Crippen molar-refractivity contribution in [3.63, 3.8) is 0 Å². The van der Waals surface area contributed by atoms with E-state index in [1.165, 1.54) is 0 Å². The monoisotopic (exact) mass is 433 g/mol. The van der Waals surface area contributed by atoms with Crippen molar-refractivity contribution >= 4 is 43.5 Å². The summed E-state index contributed by atoms with van der Waals surface area (Å²) in [6.45, 7) is 5.93. The Morgan fingerprint density at radius 1 is 1.24 bits per heavy atom. The minimum atomic E-state index is 0.0219. The summed E-state index contributed by atoms with van der Waals surface area (Å²) in [5.41, 5.74) is 2.17. The first-order chi connectivity index (χ1) is 10.1. The highest BCUT2D eigenvalue weighted by molar-refractivity contribution is 9.11. The fourth-order valence-corrected chi connectivity index (χ4v) is 3.89. The van der Waals surface area contributed by atoms with E-state index in [1.54, 1.807) is 6.20 Å². The van der Waals surface area contributed by atoms with Crippen LogP contribution >= 0.6 is 43.5 Å². The zero-order valence-electron chi connectivity index (χ0n) is 12.0. The second kappa shape index (κ2) is 7.77. The highest BCUT2D eigenvalue weighted by Crippen LogP contribution is 2.31. The molecule has 3 nitrogen and oxygen atoms in total. The maximum Gasteiger partial charge on any atom is 0.0837 e. The Hall–Kier alpha value is -0.360. The van der Waals surface area contributed by atoms with Gasteiger partial charge < -0.3 is 5.32 Å². The van der Waals surface area contributed by atoms with Crippen LogP contribution in [0, 0.1) is 0 Å². The van der Waals surface area contributed by atoms with Crippen LogP contribution in [0.5, 0.6) is 0 Å². The predicted octanol–water partition coefficient (Wildman–Crippen LogP) is 5.17. The Bertz CT molecular complexity index is 593. The van der Waals surface area contributed by atoms with E-state index in [-0.39, 0.29) is 6.04 Å². The van der Waals surface area contributed by atoms with E-state index < -0.39 is 0 Å². The Balaban J connectivity index is 2.49. The number of nitrogens with zero attached hydrogens (tertiary/aromatic N) is 2. The number of aryl methyl sites for hydroxylation is 1. The van der Waals surface area contributed by atoms with Gasteiger partial charge in [-0.1, -0.05) is 50.4 Å². The van der Waals surface area contributed by atoms with Gasteiger partial charge in [0.25, 0.3) is 0 Å². The molecular formula is C15H18Br2ClN3. The molecule has 1 aromatic carbocycles. The first-order valence-corrected chi connectivity index (χ1v) is 8.93. The summed E-state index contributed by atoms with van der Waals surface area (Å²) < 4.78 is 4.02. The molecule has 21 heavy (non-hydrogen) atoms. The molecule has 114 valence electrons. The Morgan fingerprint density at radius 2 is 1.90 bits per heavy atom. The number of rotatable bonds is 6. The summed E-state index contributed by atoms with van der Waals surface area (Å²) in [6, 6.07) is 6.27. The van der Waals surface area contributed by atoms with Crippen molar-refractivity contribution in [1.82, 2.24) is 15.1 Å². The van der Waals surface area contributed by atoms with Crippen molar-refractivity contribution in [1.29, 1.82) is 0 Å². The van der Waals surface area contributed by atoms with Gasteiger partial charge in [0.2, 0.25) is 0 Å². The van der Waals surface area contributed by atoms with Crippen molar-refractivity contribution in [2.24, 2.45) is 0 Å². The molecule has 1 atom stereocenters. The number of benzene rings is 1. The maximum atomic E-state index is 6.38. The van der Waals surface area contributed by atoms with Crippen molar-refractivity contribution in [3.05, 3.63) is 49.6 Å². The smallest absolute Gasteiger partial charge is 0.0837 e. The summed E-state index contributed by atoms with van der Waals surface area (Å²) in [6.07, 6.45) is 2.78. The van der Waals surface area contributed by atoms with Crippen LogP contribution in [0.3, 0.4) is 0 Å². The summed E-state index contributed by atoms with van der Waals surface area (Å²) >= 11 is 13.5. The van der Waals surface area contributed by atoms with E-state index in [2.05, 4.69) is 68.3 Å². The molecule has 0 saturated heterocycles. The molecule has 0 aliphatic heterocycles. The highest BCUT2D eigenvalue weighted by Gasteiger charge is 2.22. The third-order valence-electron chi connectivity index (χ3n) is 3.22. The zero-order valence-corrected chi connectivity index (χ0v) is 16.0. The zero-order chi connectivity index (χ0) is 15.4. The van der Waals surface area contributed by atoms with Gasteiger partial charge in [0.05, 0.1) is 23.0 Å². The van der Waals surface area contributed by atoms with Gasteiger partial charge in [0.1, 0.15) is 0 Å². The second-order valence-corrected chi connectivity index (χ2v) is 7.02. The molecule has 6 heteroatoms. The van der Waals surface area contributed by atoms with Crippen LogP contribution in [0.2, 0.25) is 5.02 Å². The van der Waals surface area contributed by atoms with Crippen LogP contribution in [-0.4, -0.2) is 16.3 Å². The minimum Gasteiger partial charge on any atom is -0.305 e. The number of halogens is 3. The lowest BCUT2D eigenvalue weighted by atomic mass is 10.0. The van der Waals surface area contributed by atoms with E-state index in [1.807, 2.05) is 10.7 Å². The third-order valence-corrected chi connectivity index (χ3v) is 4.43. The molecule has 0 radical (unpaired) electrons. The number of nitrogens with one attached hydrogen (secondary N) is 1. The first-order valence-electron chi connectivity index (χ1n) is 6.97. The molecule has 0 fully saturated rings. The van der Waals surface area contributed by atoms with Crippen molar-refractivity contribution in [2.45, 2.75) is 32.9 Å². The normalized spacial score (nSPS) is 12.6. The van der Waals surface area contributed by atoms with Crippen LogP contribution in [0.4, 0.5) is 0 Å². The van der Waals surface area contributed by atoms with Gasteiger partial charge in [-0.15, -0.1) is 0 Å². The van der Waals surface area contributed by atoms with E-state index >= 15 is 0 Å². The van der Waals surface area contributed by atoms with E-state index in [4.69, 9.17) is 11.6 Å². The van der Waals surface area contributed by atoms with Crippen LogP contribution in [0.1, 0.15) is 37.6 Å². The molecule has 0 bridgehead atoms. The van der Waals surface area contributed by atoms with E-state index in [9.17, 15) is 0 Å². The summed E-state index contributed by atoms with van der Waals surface area (Å²) in [5.74, 6) is 0. The van der Waals surface area contributed by atoms with E-state index in [0.29, 0.717) is 5.02 Å². The molecule has 0 amide bonds. The SMILES string of the molecule is CCCNC(c1cc(Br)cc(Br)c1)c1c(Cl)cnn1CC. The fraction of sp³-hybridized carbons (Fsp3) is 0.400. The van der Waals surface area contributed by atoms with Gasteiger partial charge in [-0.25, -0.2) is 0 Å². The Labute approximate surface area is 147 Å². The third kappa shape index (κ3) is 4.09. The maximum absolute atomic E-state index is 6.38. The van der Waals surface area contributed by atoms with Gasteiger partial charge in [-0.2, -0.15) is 5.10 Å². The topological polar surface area (TPSA) is 29.9 Å². The predicted molar refractivity (Wildman–Crippen MR) is 94.9 cm³/mol. The van der Waals surface area contributed by atoms with Crippen molar-refractivity contribution in [3.8, 4) is 0 Å². The molecule has 0 aliphatic carbocycles. The molecule has 0 aliphatic rings. The van der Waals surface area contributed by atoms with Crippen LogP contribution in [0.25, 0.3) is 0 Å². The minimum absolute atomic E-state index is 0.0219. The van der Waals surface area contributed by atoms with Crippen LogP contribution in [0.15, 0.2) is 33.3 Å². The summed E-state index contributed by atoms with van der Waals surface area (Å²) in [5, 5.41) is 8.62. The standard InChI is InChI=1S/C15H18Br2ClN3/c1-3-5-19-14(10-6-11(16)8-12(17)7-10)15-13(18)9-20-21(15)4-2/h6-9,14,19H,3-5H2,1-2H3. The highest BCUT2D eigenvalue weighted by atomic mass is 79.9. The van der Waals surface area contributed by atoms with Crippen molar-refractivity contribution in [2.75, 3.05) is 6.54 Å².